The molecule has 3 nitrogen and oxygen atoms in total. The highest BCUT2D eigenvalue weighted by atomic mass is 35.5. The molecule has 2 N–H and O–H groups in total. The van der Waals surface area contributed by atoms with Crippen LogP contribution in [0.5, 0.6) is 0 Å². The first kappa shape index (κ1) is 14.9. The first-order chi connectivity index (χ1) is 10.1. The van der Waals surface area contributed by atoms with Crippen LogP contribution in [0.4, 0.5) is 0 Å². The van der Waals surface area contributed by atoms with Crippen LogP contribution in [0, 0.1) is 5.92 Å². The number of rotatable bonds is 3. The highest BCUT2D eigenvalue weighted by Gasteiger charge is 2.47. The number of likely N-dealkylation sites (tertiary alicyclic amines) is 1. The van der Waals surface area contributed by atoms with E-state index >= 15 is 0 Å². The fourth-order valence-electron chi connectivity index (χ4n) is 3.56. The second kappa shape index (κ2) is 5.98. The SMILES string of the molecule is C[C@H](N)[C@@H]1CCCCN1C(=O)[C@@H]1C[C@H]1c1cccc(Cl)c1. The molecule has 4 atom stereocenters. The van der Waals surface area contributed by atoms with E-state index in [0.29, 0.717) is 11.8 Å². The molecule has 1 aromatic carbocycles. The predicted molar refractivity (Wildman–Crippen MR) is 85.3 cm³/mol. The maximum Gasteiger partial charge on any atom is 0.226 e. The van der Waals surface area contributed by atoms with Crippen LogP contribution in [0.1, 0.15) is 44.1 Å². The minimum atomic E-state index is 0.0534. The van der Waals surface area contributed by atoms with Crippen molar-refractivity contribution in [2.24, 2.45) is 11.7 Å². The molecule has 0 radical (unpaired) electrons. The number of hydrogen-bond acceptors (Lipinski definition) is 2. The van der Waals surface area contributed by atoms with Gasteiger partial charge < -0.3 is 10.6 Å². The minimum absolute atomic E-state index is 0.0534. The smallest absolute Gasteiger partial charge is 0.226 e. The van der Waals surface area contributed by atoms with Gasteiger partial charge in [0, 0.05) is 29.6 Å². The average Bonchev–Trinajstić information content (AvgIpc) is 3.27. The highest BCUT2D eigenvalue weighted by molar-refractivity contribution is 6.30. The molecule has 0 bridgehead atoms. The molecule has 0 spiro atoms. The van der Waals surface area contributed by atoms with Gasteiger partial charge in [-0.25, -0.2) is 0 Å². The van der Waals surface area contributed by atoms with E-state index in [0.717, 1.165) is 30.8 Å². The lowest BCUT2D eigenvalue weighted by Gasteiger charge is -2.38. The van der Waals surface area contributed by atoms with Gasteiger partial charge in [0.25, 0.3) is 0 Å². The minimum Gasteiger partial charge on any atom is -0.338 e. The summed E-state index contributed by atoms with van der Waals surface area (Å²) >= 11 is 6.05. The molecular weight excluding hydrogens is 284 g/mol. The standard InChI is InChI=1S/C17H23ClN2O/c1-11(19)16-7-2-3-8-20(16)17(21)15-10-14(15)12-5-4-6-13(18)9-12/h4-6,9,11,14-16H,2-3,7-8,10,19H2,1H3/t11-,14-,15+,16-/m0/s1. The second-order valence-corrected chi connectivity index (χ2v) is 6.89. The van der Waals surface area contributed by atoms with Gasteiger partial charge in [0.1, 0.15) is 0 Å². The average molecular weight is 307 g/mol. The van der Waals surface area contributed by atoms with Gasteiger partial charge in [0.2, 0.25) is 5.91 Å². The maximum atomic E-state index is 12.8. The van der Waals surface area contributed by atoms with Crippen LogP contribution >= 0.6 is 11.6 Å². The van der Waals surface area contributed by atoms with E-state index in [2.05, 4.69) is 6.07 Å². The van der Waals surface area contributed by atoms with Crippen molar-refractivity contribution < 1.29 is 4.79 Å². The zero-order valence-corrected chi connectivity index (χ0v) is 13.2. The largest absolute Gasteiger partial charge is 0.338 e. The monoisotopic (exact) mass is 306 g/mol. The molecule has 21 heavy (non-hydrogen) atoms. The van der Waals surface area contributed by atoms with Crippen LogP contribution < -0.4 is 5.73 Å². The van der Waals surface area contributed by atoms with Crippen molar-refractivity contribution in [1.29, 1.82) is 0 Å². The Morgan fingerprint density at radius 3 is 2.95 bits per heavy atom. The molecule has 1 aliphatic carbocycles. The summed E-state index contributed by atoms with van der Waals surface area (Å²) < 4.78 is 0. The molecule has 1 heterocycles. The zero-order valence-electron chi connectivity index (χ0n) is 12.5. The van der Waals surface area contributed by atoms with Crippen molar-refractivity contribution in [3.8, 4) is 0 Å². The Labute approximate surface area is 131 Å². The molecule has 1 amide bonds. The Balaban J connectivity index is 1.69. The zero-order chi connectivity index (χ0) is 15.0. The van der Waals surface area contributed by atoms with Gasteiger partial charge in [-0.05, 0) is 56.2 Å². The molecule has 0 unspecified atom stereocenters. The van der Waals surface area contributed by atoms with E-state index < -0.39 is 0 Å². The summed E-state index contributed by atoms with van der Waals surface area (Å²) in [6.07, 6.45) is 4.27. The van der Waals surface area contributed by atoms with E-state index in [1.165, 1.54) is 12.0 Å². The Morgan fingerprint density at radius 1 is 1.43 bits per heavy atom. The summed E-state index contributed by atoms with van der Waals surface area (Å²) in [5.41, 5.74) is 7.26. The Hall–Kier alpha value is -1.06. The van der Waals surface area contributed by atoms with Gasteiger partial charge in [-0.15, -0.1) is 0 Å². The molecular formula is C17H23ClN2O. The van der Waals surface area contributed by atoms with E-state index in [1.54, 1.807) is 0 Å². The summed E-state index contributed by atoms with van der Waals surface area (Å²) in [5, 5.41) is 0.747. The van der Waals surface area contributed by atoms with E-state index in [9.17, 15) is 4.79 Å². The van der Waals surface area contributed by atoms with Gasteiger partial charge >= 0.3 is 0 Å². The molecule has 114 valence electrons. The lowest BCUT2D eigenvalue weighted by atomic mass is 9.96. The van der Waals surface area contributed by atoms with Gasteiger partial charge in [-0.3, -0.25) is 4.79 Å². The van der Waals surface area contributed by atoms with Crippen molar-refractivity contribution in [3.05, 3.63) is 34.9 Å². The number of piperidine rings is 1. The number of amides is 1. The highest BCUT2D eigenvalue weighted by Crippen LogP contribution is 2.49. The molecule has 4 heteroatoms. The molecule has 0 aromatic heterocycles. The van der Waals surface area contributed by atoms with Gasteiger partial charge in [-0.2, -0.15) is 0 Å². The normalized spacial score (nSPS) is 30.0. The molecule has 2 fully saturated rings. The third-order valence-electron chi connectivity index (χ3n) is 4.82. The van der Waals surface area contributed by atoms with Gasteiger partial charge in [-0.1, -0.05) is 23.7 Å². The van der Waals surface area contributed by atoms with Gasteiger partial charge in [0.05, 0.1) is 0 Å². The second-order valence-electron chi connectivity index (χ2n) is 6.46. The Morgan fingerprint density at radius 2 is 2.24 bits per heavy atom. The number of nitrogens with two attached hydrogens (primary N) is 1. The number of benzene rings is 1. The fraction of sp³-hybridized carbons (Fsp3) is 0.588. The van der Waals surface area contributed by atoms with Crippen molar-refractivity contribution in [2.45, 2.75) is 50.6 Å². The lowest BCUT2D eigenvalue weighted by molar-refractivity contribution is -0.136. The van der Waals surface area contributed by atoms with Crippen LogP contribution in [-0.2, 0) is 4.79 Å². The van der Waals surface area contributed by atoms with E-state index in [4.69, 9.17) is 17.3 Å². The first-order valence-corrected chi connectivity index (χ1v) is 8.27. The third-order valence-corrected chi connectivity index (χ3v) is 5.06. The van der Waals surface area contributed by atoms with Crippen molar-refractivity contribution in [1.82, 2.24) is 4.90 Å². The van der Waals surface area contributed by atoms with Gasteiger partial charge in [0.15, 0.2) is 0 Å². The summed E-state index contributed by atoms with van der Waals surface area (Å²) in [5.74, 6) is 0.761. The van der Waals surface area contributed by atoms with Crippen LogP contribution in [0.25, 0.3) is 0 Å². The predicted octanol–water partition coefficient (Wildman–Crippen LogP) is 3.17. The number of carbonyl (C=O) groups is 1. The van der Waals surface area contributed by atoms with E-state index in [1.807, 2.05) is 30.0 Å². The third kappa shape index (κ3) is 3.09. The fourth-order valence-corrected chi connectivity index (χ4v) is 3.76. The Bertz CT molecular complexity index is 531. The topological polar surface area (TPSA) is 46.3 Å². The summed E-state index contributed by atoms with van der Waals surface area (Å²) in [6.45, 7) is 2.88. The summed E-state index contributed by atoms with van der Waals surface area (Å²) in [6, 6.07) is 8.16. The maximum absolute atomic E-state index is 12.8. The quantitative estimate of drug-likeness (QED) is 0.932. The molecule has 1 aromatic rings. The number of hydrogen-bond donors (Lipinski definition) is 1. The van der Waals surface area contributed by atoms with Crippen molar-refractivity contribution in [3.63, 3.8) is 0 Å². The number of halogens is 1. The van der Waals surface area contributed by atoms with Crippen LogP contribution in [0.2, 0.25) is 5.02 Å². The van der Waals surface area contributed by atoms with Crippen LogP contribution in [0.15, 0.2) is 24.3 Å². The number of carbonyl (C=O) groups excluding carboxylic acids is 1. The molecule has 1 aliphatic heterocycles. The van der Waals surface area contributed by atoms with E-state index in [-0.39, 0.29) is 18.0 Å². The Kier molecular flexibility index (Phi) is 4.23. The van der Waals surface area contributed by atoms with Crippen LogP contribution in [0.3, 0.4) is 0 Å². The summed E-state index contributed by atoms with van der Waals surface area (Å²) in [4.78, 5) is 14.8. The molecule has 1 saturated carbocycles. The summed E-state index contributed by atoms with van der Waals surface area (Å²) in [7, 11) is 0. The molecule has 3 rings (SSSR count). The number of nitrogens with zero attached hydrogens (tertiary/aromatic N) is 1. The van der Waals surface area contributed by atoms with Crippen LogP contribution in [-0.4, -0.2) is 29.4 Å². The molecule has 2 aliphatic rings. The van der Waals surface area contributed by atoms with Crippen molar-refractivity contribution in [2.75, 3.05) is 6.54 Å². The lowest BCUT2D eigenvalue weighted by Crippen LogP contribution is -2.52. The molecule has 1 saturated heterocycles. The van der Waals surface area contributed by atoms with Crippen molar-refractivity contribution >= 4 is 17.5 Å². The first-order valence-electron chi connectivity index (χ1n) is 7.89.